The largest absolute Gasteiger partial charge is 0.739 e. The lowest BCUT2D eigenvalue weighted by molar-refractivity contribution is 0.162. The predicted octanol–water partition coefficient (Wildman–Crippen LogP) is 0.868. The first-order chi connectivity index (χ1) is 6.50. The molecule has 0 aliphatic heterocycles. The number of hydrogen-bond donors (Lipinski definition) is 0. The van der Waals surface area contributed by atoms with Crippen LogP contribution in [0, 0.1) is 0 Å². The average molecular weight is 215 g/mol. The standard InChI is InChI=1S/C8H8O5S/c9-8(14(10,11)12)13-6-7-4-2-1-3-5-7/h1-5H,6H2,(H,10,11,12)/p-1. The van der Waals surface area contributed by atoms with Crippen molar-refractivity contribution < 1.29 is 22.5 Å². The van der Waals surface area contributed by atoms with Crippen molar-refractivity contribution in [1.82, 2.24) is 0 Å². The molecule has 0 saturated heterocycles. The molecule has 0 aliphatic carbocycles. The summed E-state index contributed by atoms with van der Waals surface area (Å²) in [5, 5.41) is -1.75. The van der Waals surface area contributed by atoms with E-state index in [1.807, 2.05) is 0 Å². The molecule has 1 aromatic carbocycles. The molecule has 0 radical (unpaired) electrons. The number of carbonyl (C=O) groups excluding carboxylic acids is 1. The molecule has 0 bridgehead atoms. The van der Waals surface area contributed by atoms with E-state index in [1.54, 1.807) is 30.3 Å². The summed E-state index contributed by atoms with van der Waals surface area (Å²) in [6.45, 7) is -0.221. The van der Waals surface area contributed by atoms with Crippen LogP contribution in [0.1, 0.15) is 5.56 Å². The van der Waals surface area contributed by atoms with Gasteiger partial charge in [-0.3, -0.25) is 0 Å². The first kappa shape index (κ1) is 10.7. The van der Waals surface area contributed by atoms with Gasteiger partial charge in [0.2, 0.25) is 0 Å². The fourth-order valence-electron chi connectivity index (χ4n) is 0.789. The summed E-state index contributed by atoms with van der Waals surface area (Å²) in [5.41, 5.74) is 0.615. The van der Waals surface area contributed by atoms with Gasteiger partial charge in [0, 0.05) is 0 Å². The molecule has 6 heteroatoms. The molecule has 0 N–H and O–H groups in total. The number of carbonyl (C=O) groups is 1. The third-order valence-corrected chi connectivity index (χ3v) is 1.93. The highest BCUT2D eigenvalue weighted by molar-refractivity contribution is 8.00. The molecule has 1 rings (SSSR count). The van der Waals surface area contributed by atoms with Crippen LogP contribution in [0.15, 0.2) is 30.3 Å². The first-order valence-corrected chi connectivity index (χ1v) is 5.07. The zero-order chi connectivity index (χ0) is 10.6. The molecule has 0 heterocycles. The molecule has 76 valence electrons. The van der Waals surface area contributed by atoms with Gasteiger partial charge < -0.3 is 9.29 Å². The zero-order valence-corrected chi connectivity index (χ0v) is 7.86. The van der Waals surface area contributed by atoms with E-state index in [4.69, 9.17) is 0 Å². The van der Waals surface area contributed by atoms with Crippen LogP contribution in [0.4, 0.5) is 4.79 Å². The van der Waals surface area contributed by atoms with Gasteiger partial charge >= 0.3 is 5.30 Å². The maximum atomic E-state index is 10.5. The van der Waals surface area contributed by atoms with Gasteiger partial charge in [0.1, 0.15) is 6.61 Å². The molecule has 0 fully saturated rings. The van der Waals surface area contributed by atoms with Gasteiger partial charge in [-0.1, -0.05) is 30.3 Å². The van der Waals surface area contributed by atoms with Crippen molar-refractivity contribution in [2.75, 3.05) is 0 Å². The van der Waals surface area contributed by atoms with Crippen LogP contribution in [0.2, 0.25) is 0 Å². The Morgan fingerprint density at radius 2 is 1.86 bits per heavy atom. The van der Waals surface area contributed by atoms with Crippen LogP contribution in [-0.2, 0) is 21.5 Å². The Labute approximate surface area is 81.1 Å². The zero-order valence-electron chi connectivity index (χ0n) is 7.04. The summed E-state index contributed by atoms with van der Waals surface area (Å²) in [5.74, 6) is 0. The van der Waals surface area contributed by atoms with E-state index in [0.29, 0.717) is 5.56 Å². The number of rotatable bonds is 2. The molecular weight excluding hydrogens is 208 g/mol. The summed E-state index contributed by atoms with van der Waals surface area (Å²) in [6.07, 6.45) is 0. The van der Waals surface area contributed by atoms with Gasteiger partial charge in [-0.15, -0.1) is 0 Å². The van der Waals surface area contributed by atoms with Crippen molar-refractivity contribution in [2.45, 2.75) is 6.61 Å². The molecule has 0 saturated carbocycles. The van der Waals surface area contributed by atoms with Crippen molar-refractivity contribution in [3.05, 3.63) is 35.9 Å². The Bertz CT molecular complexity index is 409. The van der Waals surface area contributed by atoms with Crippen LogP contribution in [0.5, 0.6) is 0 Å². The van der Waals surface area contributed by atoms with Gasteiger partial charge in [-0.25, -0.2) is 13.2 Å². The van der Waals surface area contributed by atoms with Crippen LogP contribution >= 0.6 is 0 Å². The molecule has 14 heavy (non-hydrogen) atoms. The van der Waals surface area contributed by atoms with Gasteiger partial charge in [0.25, 0.3) is 0 Å². The second-order valence-corrected chi connectivity index (χ2v) is 3.72. The monoisotopic (exact) mass is 215 g/mol. The summed E-state index contributed by atoms with van der Waals surface area (Å²) in [6, 6.07) is 8.45. The highest BCUT2D eigenvalue weighted by atomic mass is 32.2. The van der Waals surface area contributed by atoms with Crippen LogP contribution in [-0.4, -0.2) is 18.3 Å². The number of ether oxygens (including phenoxy) is 1. The third-order valence-electron chi connectivity index (χ3n) is 1.40. The Hall–Kier alpha value is -1.40. The van der Waals surface area contributed by atoms with E-state index in [-0.39, 0.29) is 6.61 Å². The van der Waals surface area contributed by atoms with E-state index in [1.165, 1.54) is 0 Å². The van der Waals surface area contributed by atoms with Crippen LogP contribution < -0.4 is 0 Å². The van der Waals surface area contributed by atoms with E-state index in [2.05, 4.69) is 4.74 Å². The minimum absolute atomic E-state index is 0.221. The minimum Gasteiger partial charge on any atom is -0.739 e. The summed E-state index contributed by atoms with van der Waals surface area (Å²) in [4.78, 5) is 10.5. The molecule has 0 unspecified atom stereocenters. The topological polar surface area (TPSA) is 83.5 Å². The molecule has 5 nitrogen and oxygen atoms in total. The highest BCUT2D eigenvalue weighted by Gasteiger charge is 2.10. The fourth-order valence-corrected chi connectivity index (χ4v) is 0.992. The normalized spacial score (nSPS) is 10.9. The Balaban J connectivity index is 2.55. The van der Waals surface area contributed by atoms with Crippen molar-refractivity contribution in [3.8, 4) is 0 Å². The SMILES string of the molecule is O=C(OCc1ccccc1)S(=O)(=O)[O-]. The molecule has 0 atom stereocenters. The van der Waals surface area contributed by atoms with E-state index in [9.17, 15) is 17.8 Å². The molecule has 0 amide bonds. The third kappa shape index (κ3) is 3.15. The van der Waals surface area contributed by atoms with Crippen molar-refractivity contribution in [1.29, 1.82) is 0 Å². The fraction of sp³-hybridized carbons (Fsp3) is 0.125. The van der Waals surface area contributed by atoms with E-state index < -0.39 is 15.4 Å². The Morgan fingerprint density at radius 3 is 2.36 bits per heavy atom. The lowest BCUT2D eigenvalue weighted by Gasteiger charge is -2.06. The van der Waals surface area contributed by atoms with Crippen molar-refractivity contribution in [2.24, 2.45) is 0 Å². The maximum Gasteiger partial charge on any atom is 0.413 e. The lowest BCUT2D eigenvalue weighted by atomic mass is 10.2. The average Bonchev–Trinajstić information content (AvgIpc) is 2.14. The van der Waals surface area contributed by atoms with Gasteiger partial charge in [-0.05, 0) is 5.56 Å². The maximum absolute atomic E-state index is 10.5. The molecule has 0 aromatic heterocycles. The van der Waals surface area contributed by atoms with Gasteiger partial charge in [0.05, 0.1) is 0 Å². The quantitative estimate of drug-likeness (QED) is 0.539. The lowest BCUT2D eigenvalue weighted by Crippen LogP contribution is -2.14. The molecular formula is C8H7O5S-. The Kier molecular flexibility index (Phi) is 3.21. The molecule has 1 aromatic rings. The second kappa shape index (κ2) is 4.21. The summed E-state index contributed by atoms with van der Waals surface area (Å²) < 4.78 is 34.6. The minimum atomic E-state index is -4.98. The van der Waals surface area contributed by atoms with Gasteiger partial charge in [-0.2, -0.15) is 0 Å². The van der Waals surface area contributed by atoms with E-state index >= 15 is 0 Å². The highest BCUT2D eigenvalue weighted by Crippen LogP contribution is 2.02. The first-order valence-electron chi connectivity index (χ1n) is 3.67. The second-order valence-electron chi connectivity index (χ2n) is 2.48. The van der Waals surface area contributed by atoms with Gasteiger partial charge in [0.15, 0.2) is 10.1 Å². The molecule has 0 spiro atoms. The summed E-state index contributed by atoms with van der Waals surface area (Å²) in [7, 11) is -4.98. The number of hydrogen-bond acceptors (Lipinski definition) is 5. The summed E-state index contributed by atoms with van der Waals surface area (Å²) >= 11 is 0. The number of benzene rings is 1. The molecule has 0 aliphatic rings. The van der Waals surface area contributed by atoms with Crippen LogP contribution in [0.3, 0.4) is 0 Å². The smallest absolute Gasteiger partial charge is 0.413 e. The van der Waals surface area contributed by atoms with Crippen molar-refractivity contribution >= 4 is 15.4 Å². The van der Waals surface area contributed by atoms with Crippen LogP contribution in [0.25, 0.3) is 0 Å². The Morgan fingerprint density at radius 1 is 1.29 bits per heavy atom. The van der Waals surface area contributed by atoms with E-state index in [0.717, 1.165) is 0 Å². The van der Waals surface area contributed by atoms with Crippen molar-refractivity contribution in [3.63, 3.8) is 0 Å². The predicted molar refractivity (Wildman–Crippen MR) is 46.3 cm³/mol.